The Balaban J connectivity index is 1.91. The minimum absolute atomic E-state index is 0.0198. The standard InChI is InChI=1S/C19H20F2N2O4S/c1-22-28(25,26)13-15-8-6-14(7-9-15)12-23-18(24)11-10-16-4-2-3-5-17(16)27-19(20)21/h2-11,19,22H,12-13H2,1H3,(H,23,24)/b11-10+. The average molecular weight is 410 g/mol. The predicted octanol–water partition coefficient (Wildman–Crippen LogP) is 2.67. The summed E-state index contributed by atoms with van der Waals surface area (Å²) in [6.45, 7) is -2.72. The van der Waals surface area contributed by atoms with Crippen molar-refractivity contribution in [2.24, 2.45) is 0 Å². The van der Waals surface area contributed by atoms with Gasteiger partial charge in [-0.15, -0.1) is 0 Å². The Kier molecular flexibility index (Phi) is 7.65. The van der Waals surface area contributed by atoms with Crippen molar-refractivity contribution in [1.82, 2.24) is 10.0 Å². The van der Waals surface area contributed by atoms with Crippen LogP contribution in [0.15, 0.2) is 54.6 Å². The van der Waals surface area contributed by atoms with E-state index in [-0.39, 0.29) is 18.0 Å². The normalized spacial score (nSPS) is 11.7. The van der Waals surface area contributed by atoms with Crippen molar-refractivity contribution in [1.29, 1.82) is 0 Å². The Morgan fingerprint density at radius 3 is 2.39 bits per heavy atom. The molecular weight excluding hydrogens is 390 g/mol. The highest BCUT2D eigenvalue weighted by Crippen LogP contribution is 2.21. The average Bonchev–Trinajstić information content (AvgIpc) is 2.66. The molecule has 0 unspecified atom stereocenters. The number of carbonyl (C=O) groups excluding carboxylic acids is 1. The molecule has 0 heterocycles. The van der Waals surface area contributed by atoms with Crippen molar-refractivity contribution in [3.63, 3.8) is 0 Å². The molecular formula is C19H20F2N2O4S. The lowest BCUT2D eigenvalue weighted by atomic mass is 10.1. The Morgan fingerprint density at radius 2 is 1.75 bits per heavy atom. The minimum Gasteiger partial charge on any atom is -0.434 e. The number of benzene rings is 2. The number of halogens is 2. The van der Waals surface area contributed by atoms with Gasteiger partial charge in [0, 0.05) is 18.2 Å². The van der Waals surface area contributed by atoms with Crippen molar-refractivity contribution in [3.8, 4) is 5.75 Å². The molecule has 0 atom stereocenters. The molecule has 0 bridgehead atoms. The first-order valence-electron chi connectivity index (χ1n) is 8.28. The van der Waals surface area contributed by atoms with E-state index in [2.05, 4.69) is 14.8 Å². The second-order valence-electron chi connectivity index (χ2n) is 5.75. The molecule has 9 heteroatoms. The highest BCUT2D eigenvalue weighted by molar-refractivity contribution is 7.88. The predicted molar refractivity (Wildman–Crippen MR) is 102 cm³/mol. The number of hydrogen-bond acceptors (Lipinski definition) is 4. The van der Waals surface area contributed by atoms with Crippen LogP contribution in [-0.4, -0.2) is 28.0 Å². The van der Waals surface area contributed by atoms with Gasteiger partial charge in [-0.3, -0.25) is 4.79 Å². The van der Waals surface area contributed by atoms with Crippen molar-refractivity contribution in [2.75, 3.05) is 7.05 Å². The van der Waals surface area contributed by atoms with Gasteiger partial charge in [-0.1, -0.05) is 42.5 Å². The summed E-state index contributed by atoms with van der Waals surface area (Å²) in [5.74, 6) is -0.554. The van der Waals surface area contributed by atoms with Crippen LogP contribution in [0, 0.1) is 0 Å². The summed E-state index contributed by atoms with van der Waals surface area (Å²) in [6, 6.07) is 12.9. The summed E-state index contributed by atoms with van der Waals surface area (Å²) in [7, 11) is -1.99. The van der Waals surface area contributed by atoms with Crippen LogP contribution in [0.4, 0.5) is 8.78 Å². The van der Waals surface area contributed by atoms with Gasteiger partial charge in [0.2, 0.25) is 15.9 Å². The second-order valence-corrected chi connectivity index (χ2v) is 7.67. The molecule has 2 rings (SSSR count). The zero-order valence-electron chi connectivity index (χ0n) is 15.1. The summed E-state index contributed by atoms with van der Waals surface area (Å²) in [5.41, 5.74) is 1.77. The first-order valence-corrected chi connectivity index (χ1v) is 9.93. The lowest BCUT2D eigenvalue weighted by molar-refractivity contribution is -0.116. The number of ether oxygens (including phenoxy) is 1. The van der Waals surface area contributed by atoms with E-state index in [4.69, 9.17) is 0 Å². The molecule has 0 saturated heterocycles. The molecule has 6 nitrogen and oxygen atoms in total. The van der Waals surface area contributed by atoms with Gasteiger partial charge < -0.3 is 10.1 Å². The van der Waals surface area contributed by atoms with Crippen LogP contribution in [-0.2, 0) is 27.1 Å². The number of sulfonamides is 1. The molecule has 1 amide bonds. The SMILES string of the molecule is CNS(=O)(=O)Cc1ccc(CNC(=O)/C=C/c2ccccc2OC(F)F)cc1. The lowest BCUT2D eigenvalue weighted by Crippen LogP contribution is -2.21. The Hall–Kier alpha value is -2.78. The van der Waals surface area contributed by atoms with E-state index in [1.54, 1.807) is 42.5 Å². The number of amides is 1. The van der Waals surface area contributed by atoms with E-state index < -0.39 is 22.5 Å². The summed E-state index contributed by atoms with van der Waals surface area (Å²) in [6.07, 6.45) is 2.61. The van der Waals surface area contributed by atoms with Crippen LogP contribution in [0.5, 0.6) is 5.75 Å². The highest BCUT2D eigenvalue weighted by atomic mass is 32.2. The van der Waals surface area contributed by atoms with Crippen LogP contribution in [0.3, 0.4) is 0 Å². The molecule has 150 valence electrons. The Bertz CT molecular complexity index is 929. The third-order valence-corrected chi connectivity index (χ3v) is 5.04. The van der Waals surface area contributed by atoms with Crippen LogP contribution < -0.4 is 14.8 Å². The number of alkyl halides is 2. The van der Waals surface area contributed by atoms with Crippen LogP contribution in [0.1, 0.15) is 16.7 Å². The second kappa shape index (κ2) is 9.95. The van der Waals surface area contributed by atoms with Gasteiger partial charge in [0.1, 0.15) is 5.75 Å². The summed E-state index contributed by atoms with van der Waals surface area (Å²) in [5, 5.41) is 2.66. The van der Waals surface area contributed by atoms with Crippen LogP contribution >= 0.6 is 0 Å². The molecule has 0 aromatic heterocycles. The fraction of sp³-hybridized carbons (Fsp3) is 0.211. The van der Waals surface area contributed by atoms with E-state index >= 15 is 0 Å². The Labute approximate surface area is 162 Å². The van der Waals surface area contributed by atoms with Gasteiger partial charge in [0.15, 0.2) is 0 Å². The maximum absolute atomic E-state index is 12.4. The van der Waals surface area contributed by atoms with Gasteiger partial charge in [0.05, 0.1) is 5.75 Å². The van der Waals surface area contributed by atoms with Gasteiger partial charge >= 0.3 is 6.61 Å². The van der Waals surface area contributed by atoms with Crippen LogP contribution in [0.25, 0.3) is 6.08 Å². The lowest BCUT2D eigenvalue weighted by Gasteiger charge is -2.07. The maximum atomic E-state index is 12.4. The third kappa shape index (κ3) is 7.09. The first-order chi connectivity index (χ1) is 13.3. The van der Waals surface area contributed by atoms with Crippen molar-refractivity contribution < 1.29 is 26.7 Å². The molecule has 2 N–H and O–H groups in total. The zero-order chi connectivity index (χ0) is 20.6. The van der Waals surface area contributed by atoms with Crippen LogP contribution in [0.2, 0.25) is 0 Å². The largest absolute Gasteiger partial charge is 0.434 e. The van der Waals surface area contributed by atoms with E-state index in [1.165, 1.54) is 25.3 Å². The molecule has 28 heavy (non-hydrogen) atoms. The molecule has 0 spiro atoms. The van der Waals surface area contributed by atoms with E-state index in [0.29, 0.717) is 11.1 Å². The van der Waals surface area contributed by atoms with Gasteiger partial charge in [0.25, 0.3) is 0 Å². The maximum Gasteiger partial charge on any atom is 0.387 e. The molecule has 0 aliphatic carbocycles. The fourth-order valence-electron chi connectivity index (χ4n) is 2.28. The zero-order valence-corrected chi connectivity index (χ0v) is 15.9. The van der Waals surface area contributed by atoms with Gasteiger partial charge in [-0.2, -0.15) is 8.78 Å². The monoisotopic (exact) mass is 410 g/mol. The molecule has 2 aromatic rings. The minimum atomic E-state index is -3.34. The quantitative estimate of drug-likeness (QED) is 0.623. The van der Waals surface area contributed by atoms with Crippen molar-refractivity contribution >= 4 is 22.0 Å². The molecule has 0 fully saturated rings. The van der Waals surface area contributed by atoms with E-state index in [0.717, 1.165) is 5.56 Å². The summed E-state index contributed by atoms with van der Waals surface area (Å²) in [4.78, 5) is 11.9. The number of carbonyl (C=O) groups is 1. The topological polar surface area (TPSA) is 84.5 Å². The van der Waals surface area contributed by atoms with Crippen molar-refractivity contribution in [2.45, 2.75) is 18.9 Å². The fourth-order valence-corrected chi connectivity index (χ4v) is 3.06. The number of nitrogens with one attached hydrogen (secondary N) is 2. The molecule has 0 radical (unpaired) electrons. The third-order valence-electron chi connectivity index (χ3n) is 3.71. The van der Waals surface area contributed by atoms with Gasteiger partial charge in [-0.05, 0) is 30.3 Å². The first kappa shape index (κ1) is 21.5. The Morgan fingerprint density at radius 1 is 1.11 bits per heavy atom. The molecule has 2 aromatic carbocycles. The number of rotatable bonds is 9. The smallest absolute Gasteiger partial charge is 0.387 e. The molecule has 0 aliphatic rings. The highest BCUT2D eigenvalue weighted by Gasteiger charge is 2.09. The molecule has 0 saturated carbocycles. The summed E-state index contributed by atoms with van der Waals surface area (Å²) < 4.78 is 54.4. The van der Waals surface area contributed by atoms with E-state index in [9.17, 15) is 22.0 Å². The number of hydrogen-bond donors (Lipinski definition) is 2. The number of para-hydroxylation sites is 1. The van der Waals surface area contributed by atoms with Crippen molar-refractivity contribution in [3.05, 3.63) is 71.3 Å². The van der Waals surface area contributed by atoms with E-state index in [1.807, 2.05) is 0 Å². The van der Waals surface area contributed by atoms with Gasteiger partial charge in [-0.25, -0.2) is 13.1 Å². The molecule has 0 aliphatic heterocycles. The summed E-state index contributed by atoms with van der Waals surface area (Å²) >= 11 is 0.